The van der Waals surface area contributed by atoms with Crippen molar-refractivity contribution < 1.29 is 4.42 Å². The van der Waals surface area contributed by atoms with E-state index in [1.807, 2.05) is 6.92 Å². The summed E-state index contributed by atoms with van der Waals surface area (Å²) in [6, 6.07) is 2.57. The highest BCUT2D eigenvalue weighted by atomic mass is 16.3. The second-order valence-corrected chi connectivity index (χ2v) is 5.44. The van der Waals surface area contributed by atoms with Crippen LogP contribution in [0.1, 0.15) is 55.0 Å². The Balaban J connectivity index is 1.69. The van der Waals surface area contributed by atoms with Crippen LogP contribution in [0.3, 0.4) is 0 Å². The predicted octanol–water partition coefficient (Wildman–Crippen LogP) is 2.04. The van der Waals surface area contributed by atoms with Crippen molar-refractivity contribution in [3.63, 3.8) is 0 Å². The van der Waals surface area contributed by atoms with E-state index in [-0.39, 0.29) is 6.04 Å². The van der Waals surface area contributed by atoms with Gasteiger partial charge in [0.25, 0.3) is 0 Å². The standard InChI is InChI=1S/C14H21N5O/c1-10-16-14(9-20-10)13(17-15)8-11-6-7-19(18-11)12-4-2-3-5-12/h6-7,9,12-13,17H,2-5,8,15H2,1H3. The van der Waals surface area contributed by atoms with Crippen molar-refractivity contribution in [1.82, 2.24) is 20.2 Å². The van der Waals surface area contributed by atoms with Crippen LogP contribution < -0.4 is 11.3 Å². The van der Waals surface area contributed by atoms with Gasteiger partial charge in [-0.25, -0.2) is 4.98 Å². The molecule has 1 unspecified atom stereocenters. The Labute approximate surface area is 118 Å². The summed E-state index contributed by atoms with van der Waals surface area (Å²) in [5, 5.41) is 4.68. The maximum atomic E-state index is 5.62. The Kier molecular flexibility index (Phi) is 3.84. The molecule has 6 nitrogen and oxygen atoms in total. The van der Waals surface area contributed by atoms with Gasteiger partial charge >= 0.3 is 0 Å². The minimum Gasteiger partial charge on any atom is -0.449 e. The van der Waals surface area contributed by atoms with Gasteiger partial charge in [-0.05, 0) is 18.9 Å². The largest absolute Gasteiger partial charge is 0.449 e. The van der Waals surface area contributed by atoms with Gasteiger partial charge in [0.1, 0.15) is 6.26 Å². The van der Waals surface area contributed by atoms with Gasteiger partial charge in [0.05, 0.1) is 23.5 Å². The Morgan fingerprint density at radius 2 is 2.30 bits per heavy atom. The summed E-state index contributed by atoms with van der Waals surface area (Å²) in [6.07, 6.45) is 9.53. The van der Waals surface area contributed by atoms with Gasteiger partial charge in [0, 0.05) is 19.5 Å². The molecule has 1 atom stereocenters. The normalized spacial score (nSPS) is 17.7. The Morgan fingerprint density at radius 1 is 1.50 bits per heavy atom. The van der Waals surface area contributed by atoms with E-state index in [0.29, 0.717) is 18.4 Å². The lowest BCUT2D eigenvalue weighted by atomic mass is 10.1. The molecule has 108 valence electrons. The smallest absolute Gasteiger partial charge is 0.191 e. The number of nitrogens with one attached hydrogen (secondary N) is 1. The van der Waals surface area contributed by atoms with Crippen LogP contribution >= 0.6 is 0 Å². The Bertz CT molecular complexity index is 555. The quantitative estimate of drug-likeness (QED) is 0.644. The molecule has 1 fully saturated rings. The van der Waals surface area contributed by atoms with Gasteiger partial charge in [-0.1, -0.05) is 12.8 Å². The van der Waals surface area contributed by atoms with Crippen LogP contribution in [0.4, 0.5) is 0 Å². The van der Waals surface area contributed by atoms with Crippen LogP contribution in [0.2, 0.25) is 0 Å². The Hall–Kier alpha value is -1.66. The van der Waals surface area contributed by atoms with Gasteiger partial charge in [-0.2, -0.15) is 5.10 Å². The third-order valence-electron chi connectivity index (χ3n) is 3.97. The van der Waals surface area contributed by atoms with Crippen LogP contribution in [0, 0.1) is 6.92 Å². The zero-order valence-corrected chi connectivity index (χ0v) is 11.7. The first kappa shape index (κ1) is 13.3. The molecule has 1 saturated carbocycles. The molecular formula is C14H21N5O. The molecule has 1 aliphatic carbocycles. The molecular weight excluding hydrogens is 254 g/mol. The number of hydrazine groups is 1. The number of aromatic nitrogens is 3. The molecule has 0 aromatic carbocycles. The molecule has 0 spiro atoms. The number of nitrogens with two attached hydrogens (primary N) is 1. The molecule has 0 saturated heterocycles. The molecule has 0 amide bonds. The molecule has 3 rings (SSSR count). The number of hydrogen-bond acceptors (Lipinski definition) is 5. The van der Waals surface area contributed by atoms with Gasteiger partial charge in [-0.3, -0.25) is 16.0 Å². The average molecular weight is 275 g/mol. The van der Waals surface area contributed by atoms with Crippen LogP contribution in [-0.2, 0) is 6.42 Å². The summed E-state index contributed by atoms with van der Waals surface area (Å²) in [6.45, 7) is 1.83. The first-order chi connectivity index (χ1) is 9.76. The number of rotatable bonds is 5. The minimum absolute atomic E-state index is 0.0700. The van der Waals surface area contributed by atoms with Gasteiger partial charge in [0.2, 0.25) is 0 Å². The van der Waals surface area contributed by atoms with Crippen LogP contribution in [-0.4, -0.2) is 14.8 Å². The first-order valence-corrected chi connectivity index (χ1v) is 7.18. The highest BCUT2D eigenvalue weighted by Crippen LogP contribution is 2.29. The number of oxazole rings is 1. The molecule has 2 aromatic heterocycles. The van der Waals surface area contributed by atoms with Crippen LogP contribution in [0.5, 0.6) is 0 Å². The lowest BCUT2D eigenvalue weighted by Gasteiger charge is -2.12. The summed E-state index contributed by atoms with van der Waals surface area (Å²) >= 11 is 0. The molecule has 0 bridgehead atoms. The molecule has 2 aromatic rings. The number of hydrogen-bond donors (Lipinski definition) is 2. The van der Waals surface area contributed by atoms with Gasteiger partial charge < -0.3 is 4.42 Å². The van der Waals surface area contributed by atoms with Crippen molar-refractivity contribution in [2.24, 2.45) is 5.84 Å². The maximum Gasteiger partial charge on any atom is 0.191 e. The van der Waals surface area contributed by atoms with Gasteiger partial charge in [0.15, 0.2) is 5.89 Å². The topological polar surface area (TPSA) is 81.9 Å². The van der Waals surface area contributed by atoms with E-state index in [0.717, 1.165) is 11.4 Å². The molecule has 3 N–H and O–H groups in total. The monoisotopic (exact) mass is 275 g/mol. The van der Waals surface area contributed by atoms with Crippen molar-refractivity contribution in [2.45, 2.75) is 51.1 Å². The summed E-state index contributed by atoms with van der Waals surface area (Å²) in [4.78, 5) is 4.32. The molecule has 1 aliphatic rings. The van der Waals surface area contributed by atoms with Crippen molar-refractivity contribution in [2.75, 3.05) is 0 Å². The van der Waals surface area contributed by atoms with Crippen LogP contribution in [0.15, 0.2) is 22.9 Å². The fourth-order valence-corrected chi connectivity index (χ4v) is 2.86. The van der Waals surface area contributed by atoms with E-state index in [4.69, 9.17) is 10.3 Å². The third kappa shape index (κ3) is 2.76. The van der Waals surface area contributed by atoms with Crippen LogP contribution in [0.25, 0.3) is 0 Å². The number of nitrogens with zero attached hydrogens (tertiary/aromatic N) is 3. The first-order valence-electron chi connectivity index (χ1n) is 7.18. The highest BCUT2D eigenvalue weighted by molar-refractivity contribution is 5.10. The second kappa shape index (κ2) is 5.76. The molecule has 20 heavy (non-hydrogen) atoms. The van der Waals surface area contributed by atoms with E-state index >= 15 is 0 Å². The Morgan fingerprint density at radius 3 is 2.95 bits per heavy atom. The number of aryl methyl sites for hydroxylation is 1. The summed E-state index contributed by atoms with van der Waals surface area (Å²) in [7, 11) is 0. The van der Waals surface area contributed by atoms with Crippen molar-refractivity contribution >= 4 is 0 Å². The predicted molar refractivity (Wildman–Crippen MR) is 74.7 cm³/mol. The fourth-order valence-electron chi connectivity index (χ4n) is 2.86. The maximum absolute atomic E-state index is 5.62. The lowest BCUT2D eigenvalue weighted by Crippen LogP contribution is -2.30. The van der Waals surface area contributed by atoms with Crippen molar-refractivity contribution in [1.29, 1.82) is 0 Å². The van der Waals surface area contributed by atoms with Crippen molar-refractivity contribution in [3.8, 4) is 0 Å². The van der Waals surface area contributed by atoms with E-state index in [1.165, 1.54) is 25.7 Å². The summed E-state index contributed by atoms with van der Waals surface area (Å²) < 4.78 is 7.34. The average Bonchev–Trinajstić information content (AvgIpc) is 3.16. The molecule has 2 heterocycles. The zero-order chi connectivity index (χ0) is 13.9. The van der Waals surface area contributed by atoms with E-state index in [2.05, 4.69) is 32.5 Å². The SMILES string of the molecule is Cc1nc(C(Cc2ccn(C3CCCC3)n2)NN)co1. The third-order valence-corrected chi connectivity index (χ3v) is 3.97. The van der Waals surface area contributed by atoms with Gasteiger partial charge in [-0.15, -0.1) is 0 Å². The summed E-state index contributed by atoms with van der Waals surface area (Å²) in [5.74, 6) is 6.27. The highest BCUT2D eigenvalue weighted by Gasteiger charge is 2.19. The minimum atomic E-state index is -0.0700. The second-order valence-electron chi connectivity index (χ2n) is 5.44. The van der Waals surface area contributed by atoms with E-state index in [1.54, 1.807) is 6.26 Å². The van der Waals surface area contributed by atoms with Crippen molar-refractivity contribution in [3.05, 3.63) is 35.8 Å². The molecule has 0 aliphatic heterocycles. The van der Waals surface area contributed by atoms with E-state index < -0.39 is 0 Å². The zero-order valence-electron chi connectivity index (χ0n) is 11.7. The molecule has 0 radical (unpaired) electrons. The fraction of sp³-hybridized carbons (Fsp3) is 0.571. The summed E-state index contributed by atoms with van der Waals surface area (Å²) in [5.41, 5.74) is 4.64. The molecule has 6 heteroatoms. The van der Waals surface area contributed by atoms with E-state index in [9.17, 15) is 0 Å². The lowest BCUT2D eigenvalue weighted by molar-refractivity contribution is 0.456.